The number of ether oxygens (including phenoxy) is 2. The number of anilines is 1. The van der Waals surface area contributed by atoms with Gasteiger partial charge in [0.25, 0.3) is 5.91 Å². The first-order valence-electron chi connectivity index (χ1n) is 9.53. The summed E-state index contributed by atoms with van der Waals surface area (Å²) in [6.45, 7) is 2.22. The van der Waals surface area contributed by atoms with Crippen LogP contribution in [-0.2, 0) is 19.6 Å². The Balaban J connectivity index is 1.71. The molecule has 9 heteroatoms. The van der Waals surface area contributed by atoms with Crippen LogP contribution >= 0.6 is 0 Å². The Bertz CT molecular complexity index is 1050. The molecule has 3 rings (SSSR count). The van der Waals surface area contributed by atoms with Crippen molar-refractivity contribution in [1.82, 2.24) is 4.31 Å². The molecular formula is C21H24N2O6S. The Morgan fingerprint density at radius 3 is 2.47 bits per heavy atom. The van der Waals surface area contributed by atoms with Crippen LogP contribution in [0.5, 0.6) is 5.75 Å². The topological polar surface area (TPSA) is 102 Å². The summed E-state index contributed by atoms with van der Waals surface area (Å²) < 4.78 is 37.5. The third-order valence-electron chi connectivity index (χ3n) is 4.84. The van der Waals surface area contributed by atoms with E-state index in [1.165, 1.54) is 29.6 Å². The quantitative estimate of drug-likeness (QED) is 0.675. The second-order valence-electron chi connectivity index (χ2n) is 6.92. The molecule has 1 heterocycles. The number of esters is 1. The molecule has 2 aromatic carbocycles. The molecule has 1 amide bonds. The number of nitrogens with zero attached hydrogens (tertiary/aromatic N) is 1. The van der Waals surface area contributed by atoms with Gasteiger partial charge in [-0.2, -0.15) is 4.31 Å². The fourth-order valence-corrected chi connectivity index (χ4v) is 4.89. The molecule has 160 valence electrons. The number of para-hydroxylation sites is 1. The summed E-state index contributed by atoms with van der Waals surface area (Å²) in [5.74, 6) is -1.14. The van der Waals surface area contributed by atoms with E-state index in [0.29, 0.717) is 18.8 Å². The molecule has 0 bridgehead atoms. The normalized spacial score (nSPS) is 14.3. The highest BCUT2D eigenvalue weighted by Crippen LogP contribution is 2.30. The first kappa shape index (κ1) is 21.8. The molecule has 0 atom stereocenters. The van der Waals surface area contributed by atoms with Gasteiger partial charge >= 0.3 is 5.97 Å². The summed E-state index contributed by atoms with van der Waals surface area (Å²) in [5.41, 5.74) is 1.53. The van der Waals surface area contributed by atoms with E-state index >= 15 is 0 Å². The van der Waals surface area contributed by atoms with Gasteiger partial charge in [-0.25, -0.2) is 13.2 Å². The highest BCUT2D eigenvalue weighted by molar-refractivity contribution is 7.89. The number of carbonyl (C=O) groups excluding carboxylic acids is 2. The minimum atomic E-state index is -3.79. The van der Waals surface area contributed by atoms with Crippen molar-refractivity contribution in [1.29, 1.82) is 0 Å². The average molecular weight is 432 g/mol. The number of rotatable bonds is 7. The van der Waals surface area contributed by atoms with Gasteiger partial charge in [-0.1, -0.05) is 18.2 Å². The van der Waals surface area contributed by atoms with Crippen LogP contribution in [0, 0.1) is 6.92 Å². The standard InChI is InChI=1S/C21H24N2O6S/c1-15-7-3-4-8-17(15)22-20(24)14-29-21(25)16-9-10-18(28-2)19(13-16)30(26,27)23-11-5-6-12-23/h3-4,7-10,13H,5-6,11-12,14H2,1-2H3,(H,22,24). The lowest BCUT2D eigenvalue weighted by atomic mass is 10.2. The molecule has 1 aliphatic heterocycles. The first-order chi connectivity index (χ1) is 14.3. The van der Waals surface area contributed by atoms with Crippen LogP contribution in [0.1, 0.15) is 28.8 Å². The fourth-order valence-electron chi connectivity index (χ4n) is 3.19. The zero-order valence-corrected chi connectivity index (χ0v) is 17.7. The number of nitrogens with one attached hydrogen (secondary N) is 1. The number of sulfonamides is 1. The largest absolute Gasteiger partial charge is 0.495 e. The minimum absolute atomic E-state index is 0.0252. The van der Waals surface area contributed by atoms with Crippen LogP contribution in [0.3, 0.4) is 0 Å². The van der Waals surface area contributed by atoms with E-state index in [1.54, 1.807) is 12.1 Å². The SMILES string of the molecule is COc1ccc(C(=O)OCC(=O)Nc2ccccc2C)cc1S(=O)(=O)N1CCCC1. The maximum atomic E-state index is 12.9. The summed E-state index contributed by atoms with van der Waals surface area (Å²) >= 11 is 0. The van der Waals surface area contributed by atoms with Crippen molar-refractivity contribution >= 4 is 27.6 Å². The summed E-state index contributed by atoms with van der Waals surface area (Å²) in [4.78, 5) is 24.4. The van der Waals surface area contributed by atoms with Crippen LogP contribution in [0.15, 0.2) is 47.4 Å². The van der Waals surface area contributed by atoms with Crippen LogP contribution in [0.2, 0.25) is 0 Å². The summed E-state index contributed by atoms with van der Waals surface area (Å²) in [6.07, 6.45) is 1.58. The highest BCUT2D eigenvalue weighted by Gasteiger charge is 2.31. The molecule has 2 aromatic rings. The first-order valence-corrected chi connectivity index (χ1v) is 11.0. The summed E-state index contributed by atoms with van der Waals surface area (Å²) in [5, 5.41) is 2.67. The zero-order chi connectivity index (χ0) is 21.7. The van der Waals surface area contributed by atoms with Gasteiger partial charge in [0.15, 0.2) is 6.61 Å². The monoisotopic (exact) mass is 432 g/mol. The molecule has 1 N–H and O–H groups in total. The van der Waals surface area contributed by atoms with Gasteiger partial charge in [0.05, 0.1) is 12.7 Å². The Hall–Kier alpha value is -2.91. The van der Waals surface area contributed by atoms with Crippen molar-refractivity contribution in [2.45, 2.75) is 24.7 Å². The third kappa shape index (κ3) is 4.80. The van der Waals surface area contributed by atoms with E-state index < -0.39 is 28.5 Å². The van der Waals surface area contributed by atoms with Crippen LogP contribution in [-0.4, -0.2) is 51.4 Å². The van der Waals surface area contributed by atoms with Crippen molar-refractivity contribution in [3.63, 3.8) is 0 Å². The number of hydrogen-bond donors (Lipinski definition) is 1. The lowest BCUT2D eigenvalue weighted by molar-refractivity contribution is -0.119. The molecule has 30 heavy (non-hydrogen) atoms. The Morgan fingerprint density at radius 1 is 1.10 bits per heavy atom. The summed E-state index contributed by atoms with van der Waals surface area (Å²) in [7, 11) is -2.43. The van der Waals surface area contributed by atoms with Crippen molar-refractivity contribution in [3.05, 3.63) is 53.6 Å². The second kappa shape index (κ2) is 9.27. The Kier molecular flexibility index (Phi) is 6.73. The number of methoxy groups -OCH3 is 1. The lowest BCUT2D eigenvalue weighted by Gasteiger charge is -2.18. The van der Waals surface area contributed by atoms with Crippen LogP contribution in [0.25, 0.3) is 0 Å². The molecule has 0 spiro atoms. The molecule has 0 unspecified atom stereocenters. The Labute approximate surface area is 175 Å². The maximum Gasteiger partial charge on any atom is 0.338 e. The molecule has 1 aliphatic rings. The molecular weight excluding hydrogens is 408 g/mol. The van der Waals surface area contributed by atoms with Gasteiger partial charge in [-0.05, 0) is 49.6 Å². The number of benzene rings is 2. The second-order valence-corrected chi connectivity index (χ2v) is 8.82. The molecule has 0 aromatic heterocycles. The van der Waals surface area contributed by atoms with Crippen molar-refractivity contribution in [2.75, 3.05) is 32.1 Å². The molecule has 1 fully saturated rings. The smallest absolute Gasteiger partial charge is 0.338 e. The van der Waals surface area contributed by atoms with E-state index in [0.717, 1.165) is 18.4 Å². The van der Waals surface area contributed by atoms with E-state index in [4.69, 9.17) is 9.47 Å². The van der Waals surface area contributed by atoms with Gasteiger partial charge in [-0.15, -0.1) is 0 Å². The van der Waals surface area contributed by atoms with E-state index in [2.05, 4.69) is 5.32 Å². The van der Waals surface area contributed by atoms with Crippen molar-refractivity contribution < 1.29 is 27.5 Å². The number of amides is 1. The van der Waals surface area contributed by atoms with Crippen LogP contribution in [0.4, 0.5) is 5.69 Å². The highest BCUT2D eigenvalue weighted by atomic mass is 32.2. The van der Waals surface area contributed by atoms with E-state index in [9.17, 15) is 18.0 Å². The van der Waals surface area contributed by atoms with Crippen molar-refractivity contribution in [2.24, 2.45) is 0 Å². The van der Waals surface area contributed by atoms with Gasteiger partial charge in [0.1, 0.15) is 10.6 Å². The Morgan fingerprint density at radius 2 is 1.80 bits per heavy atom. The van der Waals surface area contributed by atoms with Gasteiger partial charge < -0.3 is 14.8 Å². The van der Waals surface area contributed by atoms with Crippen LogP contribution < -0.4 is 10.1 Å². The van der Waals surface area contributed by atoms with Gasteiger partial charge in [0.2, 0.25) is 10.0 Å². The molecule has 0 saturated carbocycles. The predicted octanol–water partition coefficient (Wildman–Crippen LogP) is 2.58. The molecule has 1 saturated heterocycles. The average Bonchev–Trinajstić information content (AvgIpc) is 3.29. The minimum Gasteiger partial charge on any atom is -0.495 e. The zero-order valence-electron chi connectivity index (χ0n) is 16.9. The fraction of sp³-hybridized carbons (Fsp3) is 0.333. The molecule has 8 nitrogen and oxygen atoms in total. The van der Waals surface area contributed by atoms with Gasteiger partial charge in [0, 0.05) is 18.8 Å². The van der Waals surface area contributed by atoms with Gasteiger partial charge in [-0.3, -0.25) is 4.79 Å². The number of aryl methyl sites for hydroxylation is 1. The van der Waals surface area contributed by atoms with E-state index in [1.807, 2.05) is 19.1 Å². The number of hydrogen-bond acceptors (Lipinski definition) is 6. The van der Waals surface area contributed by atoms with E-state index in [-0.39, 0.29) is 16.2 Å². The maximum absolute atomic E-state index is 12.9. The number of carbonyl (C=O) groups is 2. The lowest BCUT2D eigenvalue weighted by Crippen LogP contribution is -2.28. The summed E-state index contributed by atoms with van der Waals surface area (Å²) in [6, 6.07) is 11.3. The predicted molar refractivity (Wildman–Crippen MR) is 111 cm³/mol. The van der Waals surface area contributed by atoms with Crippen molar-refractivity contribution in [3.8, 4) is 5.75 Å². The molecule has 0 radical (unpaired) electrons. The third-order valence-corrected chi connectivity index (χ3v) is 6.76. The molecule has 0 aliphatic carbocycles.